The molecule has 0 amide bonds. The molecule has 3 rings (SSSR count). The van der Waals surface area contributed by atoms with E-state index in [9.17, 15) is 0 Å². The van der Waals surface area contributed by atoms with Crippen molar-refractivity contribution < 1.29 is 0 Å². The molecular formula is C23H23N. The highest BCUT2D eigenvalue weighted by molar-refractivity contribution is 5.77. The molecule has 0 N–H and O–H groups in total. The molecule has 0 atom stereocenters. The van der Waals surface area contributed by atoms with Gasteiger partial charge in [-0.1, -0.05) is 61.5 Å². The fourth-order valence-electron chi connectivity index (χ4n) is 2.78. The predicted octanol–water partition coefficient (Wildman–Crippen LogP) is 6.67. The van der Waals surface area contributed by atoms with Crippen molar-refractivity contribution in [3.63, 3.8) is 0 Å². The Labute approximate surface area is 144 Å². The average molecular weight is 313 g/mol. The van der Waals surface area contributed by atoms with E-state index in [1.54, 1.807) is 0 Å². The summed E-state index contributed by atoms with van der Waals surface area (Å²) in [6.07, 6.45) is 2.93. The topological polar surface area (TPSA) is 3.24 Å². The van der Waals surface area contributed by atoms with Crippen molar-refractivity contribution in [2.24, 2.45) is 0 Å². The number of rotatable bonds is 5. The zero-order valence-electron chi connectivity index (χ0n) is 14.4. The van der Waals surface area contributed by atoms with Gasteiger partial charge in [-0.05, 0) is 60.9 Å². The molecule has 0 unspecified atom stereocenters. The molecule has 0 saturated heterocycles. The number of hydrogen-bond donors (Lipinski definition) is 0. The van der Waals surface area contributed by atoms with Gasteiger partial charge in [0.25, 0.3) is 0 Å². The van der Waals surface area contributed by atoms with E-state index in [1.165, 1.54) is 16.8 Å². The van der Waals surface area contributed by atoms with Gasteiger partial charge in [-0.25, -0.2) is 0 Å². The minimum Gasteiger partial charge on any atom is -0.311 e. The molecule has 120 valence electrons. The van der Waals surface area contributed by atoms with Gasteiger partial charge in [-0.15, -0.1) is 0 Å². The Hall–Kier alpha value is -2.80. The molecule has 1 heteroatoms. The molecule has 0 bridgehead atoms. The molecule has 3 aromatic carbocycles. The molecule has 0 saturated carbocycles. The van der Waals surface area contributed by atoms with Crippen molar-refractivity contribution in [1.29, 1.82) is 0 Å². The lowest BCUT2D eigenvalue weighted by Crippen LogP contribution is -2.09. The summed E-state index contributed by atoms with van der Waals surface area (Å²) in [6, 6.07) is 25.9. The van der Waals surface area contributed by atoms with E-state index < -0.39 is 0 Å². The maximum absolute atomic E-state index is 3.84. The van der Waals surface area contributed by atoms with Crippen molar-refractivity contribution in [2.45, 2.75) is 20.3 Å². The number of nitrogens with zero attached hydrogens (tertiary/aromatic N) is 1. The van der Waals surface area contributed by atoms with Gasteiger partial charge in [-0.3, -0.25) is 0 Å². The van der Waals surface area contributed by atoms with Gasteiger partial charge in [-0.2, -0.15) is 0 Å². The highest BCUT2D eigenvalue weighted by atomic mass is 15.1. The van der Waals surface area contributed by atoms with Gasteiger partial charge < -0.3 is 4.90 Å². The first-order valence-electron chi connectivity index (χ1n) is 8.39. The Bertz CT molecular complexity index is 796. The van der Waals surface area contributed by atoms with Gasteiger partial charge in [0.2, 0.25) is 0 Å². The first kappa shape index (κ1) is 16.1. The van der Waals surface area contributed by atoms with Crippen molar-refractivity contribution in [1.82, 2.24) is 0 Å². The molecule has 1 nitrogen and oxygen atoms in total. The maximum atomic E-state index is 3.84. The van der Waals surface area contributed by atoms with Crippen LogP contribution in [0.5, 0.6) is 0 Å². The molecule has 3 aromatic rings. The van der Waals surface area contributed by atoms with Crippen LogP contribution in [0.3, 0.4) is 0 Å². The zero-order valence-corrected chi connectivity index (χ0v) is 14.4. The molecule has 0 fully saturated rings. The molecule has 0 radical (unpaired) electrons. The number of hydrogen-bond acceptors (Lipinski definition) is 1. The van der Waals surface area contributed by atoms with Crippen LogP contribution in [0.1, 0.15) is 23.6 Å². The third-order valence-electron chi connectivity index (χ3n) is 4.28. The summed E-state index contributed by atoms with van der Waals surface area (Å²) in [4.78, 5) is 2.28. The summed E-state index contributed by atoms with van der Waals surface area (Å²) in [5, 5.41) is 0. The quantitative estimate of drug-likeness (QED) is 0.508. The highest BCUT2D eigenvalue weighted by Crippen LogP contribution is 2.34. The van der Waals surface area contributed by atoms with Crippen LogP contribution in [0, 0.1) is 6.92 Å². The SMILES string of the molecule is C=Cc1ccc(N(c2ccc(C)cc2)c2ccc(CC)cc2)cc1. The van der Waals surface area contributed by atoms with E-state index >= 15 is 0 Å². The van der Waals surface area contributed by atoms with Crippen LogP contribution >= 0.6 is 0 Å². The van der Waals surface area contributed by atoms with Gasteiger partial charge in [0, 0.05) is 17.1 Å². The van der Waals surface area contributed by atoms with Crippen LogP contribution in [0.15, 0.2) is 79.4 Å². The van der Waals surface area contributed by atoms with Crippen LogP contribution in [0.4, 0.5) is 17.1 Å². The Morgan fingerprint density at radius 1 is 0.750 bits per heavy atom. The lowest BCUT2D eigenvalue weighted by molar-refractivity contribution is 1.14. The van der Waals surface area contributed by atoms with E-state index in [0.29, 0.717) is 0 Å². The minimum absolute atomic E-state index is 1.05. The van der Waals surface area contributed by atoms with Crippen LogP contribution in [0.25, 0.3) is 6.08 Å². The first-order valence-corrected chi connectivity index (χ1v) is 8.39. The van der Waals surface area contributed by atoms with E-state index in [1.807, 2.05) is 6.08 Å². The van der Waals surface area contributed by atoms with Gasteiger partial charge in [0.15, 0.2) is 0 Å². The fraction of sp³-hybridized carbons (Fsp3) is 0.130. The maximum Gasteiger partial charge on any atom is 0.0462 e. The van der Waals surface area contributed by atoms with E-state index in [2.05, 4.69) is 98.1 Å². The monoisotopic (exact) mass is 313 g/mol. The lowest BCUT2D eigenvalue weighted by atomic mass is 10.1. The predicted molar refractivity (Wildman–Crippen MR) is 105 cm³/mol. The van der Waals surface area contributed by atoms with Crippen LogP contribution in [0.2, 0.25) is 0 Å². The van der Waals surface area contributed by atoms with E-state index in [0.717, 1.165) is 23.4 Å². The van der Waals surface area contributed by atoms with Crippen molar-refractivity contribution >= 4 is 23.1 Å². The minimum atomic E-state index is 1.05. The second kappa shape index (κ2) is 7.18. The Kier molecular flexibility index (Phi) is 4.81. The molecule has 0 spiro atoms. The van der Waals surface area contributed by atoms with Crippen molar-refractivity contribution in [3.8, 4) is 0 Å². The van der Waals surface area contributed by atoms with Crippen LogP contribution < -0.4 is 4.90 Å². The summed E-state index contributed by atoms with van der Waals surface area (Å²) in [5.41, 5.74) is 7.22. The Balaban J connectivity index is 2.07. The lowest BCUT2D eigenvalue weighted by Gasteiger charge is -2.26. The Morgan fingerprint density at radius 3 is 1.67 bits per heavy atom. The van der Waals surface area contributed by atoms with Crippen LogP contribution in [-0.2, 0) is 6.42 Å². The van der Waals surface area contributed by atoms with E-state index in [4.69, 9.17) is 0 Å². The van der Waals surface area contributed by atoms with Gasteiger partial charge >= 0.3 is 0 Å². The van der Waals surface area contributed by atoms with Crippen LogP contribution in [-0.4, -0.2) is 0 Å². The second-order valence-corrected chi connectivity index (χ2v) is 5.99. The van der Waals surface area contributed by atoms with Crippen molar-refractivity contribution in [2.75, 3.05) is 4.90 Å². The smallest absolute Gasteiger partial charge is 0.0462 e. The fourth-order valence-corrected chi connectivity index (χ4v) is 2.78. The van der Waals surface area contributed by atoms with Crippen molar-refractivity contribution in [3.05, 3.63) is 96.1 Å². The summed E-state index contributed by atoms with van der Waals surface area (Å²) in [5.74, 6) is 0. The largest absolute Gasteiger partial charge is 0.311 e. The number of benzene rings is 3. The normalized spacial score (nSPS) is 10.4. The molecule has 0 aromatic heterocycles. The molecule has 0 heterocycles. The third kappa shape index (κ3) is 3.41. The number of anilines is 3. The standard InChI is InChI=1S/C23H23N/c1-4-19-8-14-22(15-9-19)24(21-12-6-18(3)7-13-21)23-16-10-20(5-2)11-17-23/h4,6-17H,1,5H2,2-3H3. The third-order valence-corrected chi connectivity index (χ3v) is 4.28. The molecular weight excluding hydrogens is 290 g/mol. The summed E-state index contributed by atoms with van der Waals surface area (Å²) < 4.78 is 0. The average Bonchev–Trinajstić information content (AvgIpc) is 2.64. The second-order valence-electron chi connectivity index (χ2n) is 5.99. The zero-order chi connectivity index (χ0) is 16.9. The molecule has 0 aliphatic carbocycles. The van der Waals surface area contributed by atoms with Gasteiger partial charge in [0.05, 0.1) is 0 Å². The molecule has 0 aliphatic heterocycles. The summed E-state index contributed by atoms with van der Waals surface area (Å²) >= 11 is 0. The molecule has 0 aliphatic rings. The number of aryl methyl sites for hydroxylation is 2. The molecule has 24 heavy (non-hydrogen) atoms. The summed E-state index contributed by atoms with van der Waals surface area (Å²) in [7, 11) is 0. The first-order chi connectivity index (χ1) is 11.7. The Morgan fingerprint density at radius 2 is 1.21 bits per heavy atom. The van der Waals surface area contributed by atoms with Gasteiger partial charge in [0.1, 0.15) is 0 Å². The summed E-state index contributed by atoms with van der Waals surface area (Å²) in [6.45, 7) is 8.13. The highest BCUT2D eigenvalue weighted by Gasteiger charge is 2.12. The van der Waals surface area contributed by atoms with E-state index in [-0.39, 0.29) is 0 Å².